The molecule has 1 unspecified atom stereocenters. The largest absolute Gasteiger partial charge is 0.469 e. The maximum atomic E-state index is 11.7. The number of benzene rings is 1. The average Bonchev–Trinajstić information content (AvgIpc) is 3.39. The topological polar surface area (TPSA) is 255 Å². The van der Waals surface area contributed by atoms with Crippen molar-refractivity contribution in [2.24, 2.45) is 0 Å². The van der Waals surface area contributed by atoms with E-state index in [2.05, 4.69) is 24.8 Å². The Morgan fingerprint density at radius 3 is 2.49 bits per heavy atom. The van der Waals surface area contributed by atoms with Gasteiger partial charge in [0.2, 0.25) is 5.95 Å². The van der Waals surface area contributed by atoms with Gasteiger partial charge in [0, 0.05) is 25.4 Å². The van der Waals surface area contributed by atoms with Crippen molar-refractivity contribution in [1.82, 2.24) is 19.5 Å². The number of nitrogens with one attached hydrogen (secondary N) is 2. The number of phosphoric ester groups is 1. The molecule has 0 aliphatic carbocycles. The summed E-state index contributed by atoms with van der Waals surface area (Å²) in [6.45, 7) is 0.915. The Morgan fingerprint density at radius 1 is 1.27 bits per heavy atom. The summed E-state index contributed by atoms with van der Waals surface area (Å²) in [6.07, 6.45) is -4.22. The number of fused-ring (bicyclic) bond motifs is 1. The third-order valence-corrected chi connectivity index (χ3v) is 5.53. The van der Waals surface area contributed by atoms with Crippen molar-refractivity contribution in [3.8, 4) is 0 Å². The number of anilines is 2. The number of aliphatic hydroxyl groups is 3. The first-order valence-corrected chi connectivity index (χ1v) is 12.1. The van der Waals surface area contributed by atoms with E-state index in [1.807, 2.05) is 31.3 Å². The van der Waals surface area contributed by atoms with E-state index >= 15 is 0 Å². The first kappa shape index (κ1) is 30.0. The van der Waals surface area contributed by atoms with Crippen LogP contribution in [0.25, 0.3) is 11.2 Å². The minimum Gasteiger partial charge on any atom is -0.400 e. The van der Waals surface area contributed by atoms with Crippen molar-refractivity contribution in [2.45, 2.75) is 31.5 Å². The number of H-pyrrole nitrogens is 1. The lowest BCUT2D eigenvalue weighted by Gasteiger charge is -2.16. The standard InChI is InChI=1S/C10H14N5O8P.C9H11NO.CH4O/c11-10-13-7-4(8(18)14-10)12-2-15(7)9-6(17)5(16)3(23-9)1-22-24(19,20)21;1-7(11)8-5-3-4-6-9(8)10-2;1-2/h2-3,5-6,9,16-17H,1H2,(H2,19,20,21)(H3,11,13,14,18);3-6,10H,1-2H3;2H,1H3/t3-,5-,6?,9-;;/m1../s1. The van der Waals surface area contributed by atoms with E-state index in [1.54, 1.807) is 6.92 Å². The second-order valence-electron chi connectivity index (χ2n) is 7.46. The van der Waals surface area contributed by atoms with Crippen LogP contribution in [0.1, 0.15) is 23.5 Å². The number of ether oxygens (including phenoxy) is 1. The van der Waals surface area contributed by atoms with Gasteiger partial charge in [0.05, 0.1) is 12.9 Å². The SMILES string of the molecule is CNc1ccccc1C(C)=O.CO.Nc1nc2c(ncn2[C@@H]2O[C@H](COP(=O)(O)O)[C@@H](O)C2O)c(=O)[nH]1. The Bertz CT molecular complexity index is 1310. The number of aromatic nitrogens is 4. The highest BCUT2D eigenvalue weighted by Gasteiger charge is 2.45. The van der Waals surface area contributed by atoms with E-state index in [0.717, 1.165) is 18.4 Å². The number of imidazole rings is 1. The van der Waals surface area contributed by atoms with Crippen molar-refractivity contribution in [1.29, 1.82) is 0 Å². The zero-order valence-corrected chi connectivity index (χ0v) is 20.9. The number of carbonyl (C=O) groups excluding carboxylic acids is 1. The van der Waals surface area contributed by atoms with Crippen LogP contribution in [-0.2, 0) is 13.8 Å². The molecular formula is C20H29N6O10P. The summed E-state index contributed by atoms with van der Waals surface area (Å²) in [6, 6.07) is 7.46. The monoisotopic (exact) mass is 544 g/mol. The zero-order chi connectivity index (χ0) is 27.9. The second-order valence-corrected chi connectivity index (χ2v) is 8.70. The van der Waals surface area contributed by atoms with Gasteiger partial charge < -0.3 is 40.9 Å². The van der Waals surface area contributed by atoms with Crippen LogP contribution < -0.4 is 16.6 Å². The molecule has 3 aromatic rings. The van der Waals surface area contributed by atoms with E-state index in [9.17, 15) is 24.4 Å². The van der Waals surface area contributed by atoms with Crippen LogP contribution in [-0.4, -0.2) is 89.5 Å². The lowest BCUT2D eigenvalue weighted by atomic mass is 10.1. The summed E-state index contributed by atoms with van der Waals surface area (Å²) in [4.78, 5) is 50.1. The predicted octanol–water partition coefficient (Wildman–Crippen LogP) is -1.03. The van der Waals surface area contributed by atoms with Crippen LogP contribution in [0.4, 0.5) is 11.6 Å². The molecule has 0 radical (unpaired) electrons. The number of rotatable bonds is 6. The lowest BCUT2D eigenvalue weighted by Crippen LogP contribution is -2.33. The minimum atomic E-state index is -4.76. The highest BCUT2D eigenvalue weighted by atomic mass is 31.2. The van der Waals surface area contributed by atoms with Gasteiger partial charge in [0.25, 0.3) is 5.56 Å². The minimum absolute atomic E-state index is 0.0176. The number of hydrogen-bond donors (Lipinski definition) is 8. The number of hydrogen-bond acceptors (Lipinski definition) is 12. The Balaban J connectivity index is 0.000000311. The summed E-state index contributed by atoms with van der Waals surface area (Å²) in [5.41, 5.74) is 6.48. The highest BCUT2D eigenvalue weighted by molar-refractivity contribution is 7.46. The summed E-state index contributed by atoms with van der Waals surface area (Å²) >= 11 is 0. The Kier molecular flexibility index (Phi) is 10.4. The molecule has 9 N–H and O–H groups in total. The van der Waals surface area contributed by atoms with E-state index in [-0.39, 0.29) is 22.9 Å². The molecule has 0 spiro atoms. The lowest BCUT2D eigenvalue weighted by molar-refractivity contribution is -0.0503. The van der Waals surface area contributed by atoms with Crippen LogP contribution in [0.3, 0.4) is 0 Å². The molecule has 204 valence electrons. The fourth-order valence-corrected chi connectivity index (χ4v) is 3.75. The van der Waals surface area contributed by atoms with Crippen molar-refractivity contribution < 1.29 is 43.7 Å². The molecule has 17 heteroatoms. The Labute approximate surface area is 209 Å². The van der Waals surface area contributed by atoms with E-state index < -0.39 is 44.5 Å². The highest BCUT2D eigenvalue weighted by Crippen LogP contribution is 2.38. The third-order valence-electron chi connectivity index (χ3n) is 5.04. The van der Waals surface area contributed by atoms with Gasteiger partial charge in [0.1, 0.15) is 18.3 Å². The molecule has 16 nitrogen and oxygen atoms in total. The number of Topliss-reactive ketones (excluding diaryl/α,β-unsaturated/α-hetero) is 1. The molecule has 1 fully saturated rings. The number of nitrogen functional groups attached to an aromatic ring is 1. The number of phosphoric acid groups is 1. The third kappa shape index (κ3) is 7.41. The van der Waals surface area contributed by atoms with Crippen molar-refractivity contribution in [3.05, 3.63) is 46.5 Å². The second kappa shape index (κ2) is 12.8. The molecule has 4 atom stereocenters. The summed E-state index contributed by atoms with van der Waals surface area (Å²) in [7, 11) is -1.96. The molecular weight excluding hydrogens is 515 g/mol. The van der Waals surface area contributed by atoms with Gasteiger partial charge in [-0.15, -0.1) is 0 Å². The molecule has 0 amide bonds. The fourth-order valence-electron chi connectivity index (χ4n) is 3.40. The Hall–Kier alpha value is -3.21. The number of carbonyl (C=O) groups is 1. The van der Waals surface area contributed by atoms with Gasteiger partial charge in [0.15, 0.2) is 23.2 Å². The van der Waals surface area contributed by atoms with Gasteiger partial charge in [-0.1, -0.05) is 12.1 Å². The van der Waals surface area contributed by atoms with Crippen LogP contribution in [0, 0.1) is 0 Å². The smallest absolute Gasteiger partial charge is 0.400 e. The molecule has 1 aromatic carbocycles. The normalized spacial score (nSPS) is 21.0. The number of para-hydroxylation sites is 1. The zero-order valence-electron chi connectivity index (χ0n) is 20.0. The number of ketones is 1. The maximum absolute atomic E-state index is 11.7. The van der Waals surface area contributed by atoms with Gasteiger partial charge in [-0.05, 0) is 19.1 Å². The van der Waals surface area contributed by atoms with E-state index in [1.165, 1.54) is 10.9 Å². The van der Waals surface area contributed by atoms with Gasteiger partial charge in [-0.25, -0.2) is 9.55 Å². The van der Waals surface area contributed by atoms with Crippen molar-refractivity contribution >= 4 is 36.4 Å². The first-order valence-electron chi connectivity index (χ1n) is 10.6. The fraction of sp³-hybridized carbons (Fsp3) is 0.400. The number of nitrogens with two attached hydrogens (primary N) is 1. The summed E-state index contributed by atoms with van der Waals surface area (Å²) in [5.74, 6) is -0.0846. The van der Waals surface area contributed by atoms with Crippen molar-refractivity contribution in [3.63, 3.8) is 0 Å². The maximum Gasteiger partial charge on any atom is 0.469 e. The predicted molar refractivity (Wildman–Crippen MR) is 131 cm³/mol. The van der Waals surface area contributed by atoms with Gasteiger partial charge in [-0.3, -0.25) is 23.7 Å². The van der Waals surface area contributed by atoms with Crippen LogP contribution in [0.15, 0.2) is 35.4 Å². The Morgan fingerprint density at radius 2 is 1.92 bits per heavy atom. The number of aliphatic hydroxyl groups excluding tert-OH is 3. The quantitative estimate of drug-likeness (QED) is 0.136. The van der Waals surface area contributed by atoms with Crippen molar-refractivity contribution in [2.75, 3.05) is 31.8 Å². The molecule has 3 heterocycles. The molecule has 1 aliphatic rings. The molecule has 0 bridgehead atoms. The van der Waals surface area contributed by atoms with Crippen LogP contribution >= 0.6 is 7.82 Å². The number of nitrogens with zero attached hydrogens (tertiary/aromatic N) is 3. The molecule has 0 saturated carbocycles. The molecule has 2 aromatic heterocycles. The van der Waals surface area contributed by atoms with E-state index in [4.69, 9.17) is 25.4 Å². The molecule has 1 aliphatic heterocycles. The summed E-state index contributed by atoms with van der Waals surface area (Å²) < 4.78 is 21.6. The molecule has 4 rings (SSSR count). The van der Waals surface area contributed by atoms with Crippen LogP contribution in [0.5, 0.6) is 0 Å². The average molecular weight is 544 g/mol. The van der Waals surface area contributed by atoms with Crippen LogP contribution in [0.2, 0.25) is 0 Å². The molecule has 37 heavy (non-hydrogen) atoms. The van der Waals surface area contributed by atoms with Gasteiger partial charge in [-0.2, -0.15) is 4.98 Å². The first-order chi connectivity index (χ1) is 17.4. The van der Waals surface area contributed by atoms with Gasteiger partial charge >= 0.3 is 7.82 Å². The molecule has 1 saturated heterocycles. The van der Waals surface area contributed by atoms with E-state index in [0.29, 0.717) is 0 Å². The summed E-state index contributed by atoms with van der Waals surface area (Å²) in [5, 5.41) is 30.0. The number of aromatic amines is 1.